The number of H-pyrrole nitrogens is 2. The number of nitrogens with one attached hydrogen (secondary N) is 3. The molecule has 2 aliphatic heterocycles. The van der Waals surface area contributed by atoms with Gasteiger partial charge in [-0.05, 0) is 30.9 Å². The van der Waals surface area contributed by atoms with E-state index in [-0.39, 0.29) is 5.91 Å². The molecule has 1 saturated heterocycles. The molecule has 0 radical (unpaired) electrons. The predicted octanol–water partition coefficient (Wildman–Crippen LogP) is 2.93. The molecule has 28 heavy (non-hydrogen) atoms. The van der Waals surface area contributed by atoms with Crippen molar-refractivity contribution in [2.75, 3.05) is 31.6 Å². The van der Waals surface area contributed by atoms with E-state index in [1.165, 1.54) is 0 Å². The molecule has 4 heterocycles. The van der Waals surface area contributed by atoms with Crippen LogP contribution in [0.1, 0.15) is 34.6 Å². The highest BCUT2D eigenvalue weighted by atomic mass is 16.5. The molecule has 0 spiro atoms. The lowest BCUT2D eigenvalue weighted by Crippen LogP contribution is -2.36. The van der Waals surface area contributed by atoms with Crippen molar-refractivity contribution in [2.45, 2.75) is 25.8 Å². The van der Waals surface area contributed by atoms with Gasteiger partial charge in [0.2, 0.25) is 0 Å². The normalized spacial score (nSPS) is 17.6. The van der Waals surface area contributed by atoms with Gasteiger partial charge in [0.05, 0.1) is 6.54 Å². The summed E-state index contributed by atoms with van der Waals surface area (Å²) in [6.07, 6.45) is 2.97. The molecule has 3 aromatic rings. The second-order valence-electron chi connectivity index (χ2n) is 7.71. The third-order valence-electron chi connectivity index (χ3n) is 5.88. The Bertz CT molecular complexity index is 953. The lowest BCUT2D eigenvalue weighted by Gasteiger charge is -2.27. The van der Waals surface area contributed by atoms with Gasteiger partial charge in [0.1, 0.15) is 5.69 Å². The number of carbonyl (C=O) groups is 1. The highest BCUT2D eigenvalue weighted by molar-refractivity contribution is 5.98. The van der Waals surface area contributed by atoms with Crippen LogP contribution < -0.4 is 5.32 Å². The minimum absolute atomic E-state index is 0.0402. The Balaban J connectivity index is 1.30. The van der Waals surface area contributed by atoms with Gasteiger partial charge in [0.25, 0.3) is 5.91 Å². The van der Waals surface area contributed by atoms with Gasteiger partial charge < -0.3 is 19.9 Å². The number of benzene rings is 1. The van der Waals surface area contributed by atoms with Gasteiger partial charge in [0.15, 0.2) is 5.82 Å². The number of anilines is 1. The summed E-state index contributed by atoms with van der Waals surface area (Å²) >= 11 is 0. The summed E-state index contributed by atoms with van der Waals surface area (Å²) in [7, 11) is 0. The van der Waals surface area contributed by atoms with Crippen molar-refractivity contribution in [3.63, 3.8) is 0 Å². The van der Waals surface area contributed by atoms with E-state index < -0.39 is 0 Å². The van der Waals surface area contributed by atoms with Gasteiger partial charge in [-0.15, -0.1) is 0 Å². The Morgan fingerprint density at radius 2 is 2.14 bits per heavy atom. The van der Waals surface area contributed by atoms with E-state index in [0.29, 0.717) is 24.7 Å². The zero-order valence-electron chi connectivity index (χ0n) is 15.8. The quantitative estimate of drug-likeness (QED) is 0.651. The van der Waals surface area contributed by atoms with Gasteiger partial charge in [0, 0.05) is 54.9 Å². The Labute approximate surface area is 163 Å². The molecule has 146 valence electrons. The van der Waals surface area contributed by atoms with Crippen LogP contribution in [-0.4, -0.2) is 52.3 Å². The van der Waals surface area contributed by atoms with Crippen LogP contribution in [0.25, 0.3) is 10.9 Å². The van der Waals surface area contributed by atoms with Crippen molar-refractivity contribution in [3.8, 4) is 0 Å². The zero-order chi connectivity index (χ0) is 18.9. The summed E-state index contributed by atoms with van der Waals surface area (Å²) in [4.78, 5) is 18.2. The number of hydrogen-bond donors (Lipinski definition) is 3. The van der Waals surface area contributed by atoms with Crippen molar-refractivity contribution in [1.29, 1.82) is 0 Å². The van der Waals surface area contributed by atoms with Crippen LogP contribution in [0.5, 0.6) is 0 Å². The van der Waals surface area contributed by atoms with Crippen LogP contribution in [0, 0.1) is 5.92 Å². The molecule has 0 saturated carbocycles. The van der Waals surface area contributed by atoms with Crippen LogP contribution in [-0.2, 0) is 17.7 Å². The fourth-order valence-corrected chi connectivity index (χ4v) is 4.17. The first-order valence-corrected chi connectivity index (χ1v) is 10.0. The molecule has 1 fully saturated rings. The number of rotatable bonds is 4. The second-order valence-corrected chi connectivity index (χ2v) is 7.71. The van der Waals surface area contributed by atoms with Crippen LogP contribution in [0.4, 0.5) is 5.82 Å². The maximum atomic E-state index is 13.0. The van der Waals surface area contributed by atoms with E-state index >= 15 is 0 Å². The average Bonchev–Trinajstić information content (AvgIpc) is 3.36. The van der Waals surface area contributed by atoms with Crippen molar-refractivity contribution < 1.29 is 9.53 Å². The molecule has 1 amide bonds. The number of hydrogen-bond acceptors (Lipinski definition) is 4. The number of ether oxygens (including phenoxy) is 1. The van der Waals surface area contributed by atoms with Crippen LogP contribution in [0.3, 0.4) is 0 Å². The number of amides is 1. The molecule has 2 aliphatic rings. The topological polar surface area (TPSA) is 86.0 Å². The molecule has 5 rings (SSSR count). The maximum Gasteiger partial charge on any atom is 0.270 e. The molecular formula is C21H25N5O2. The zero-order valence-corrected chi connectivity index (χ0v) is 15.8. The number of aromatic nitrogens is 3. The molecule has 2 aromatic heterocycles. The van der Waals surface area contributed by atoms with Crippen molar-refractivity contribution in [3.05, 3.63) is 47.3 Å². The standard InChI is InChI=1S/C21H25N5O2/c27-21(19-11-15-3-1-2-4-17(15)23-19)26-8-5-18-16(13-26)20(25-24-18)22-12-14-6-9-28-10-7-14/h1-4,11,14,23H,5-10,12-13H2,(H2,22,24,25). The van der Waals surface area contributed by atoms with Crippen LogP contribution in [0.15, 0.2) is 30.3 Å². The summed E-state index contributed by atoms with van der Waals surface area (Å²) in [5.41, 5.74) is 3.88. The van der Waals surface area contributed by atoms with Gasteiger partial charge in [-0.1, -0.05) is 18.2 Å². The summed E-state index contributed by atoms with van der Waals surface area (Å²) in [6, 6.07) is 9.91. The van der Waals surface area contributed by atoms with E-state index in [1.807, 2.05) is 35.2 Å². The van der Waals surface area contributed by atoms with Gasteiger partial charge in [-0.2, -0.15) is 5.10 Å². The molecule has 7 nitrogen and oxygen atoms in total. The smallest absolute Gasteiger partial charge is 0.270 e. The summed E-state index contributed by atoms with van der Waals surface area (Å²) < 4.78 is 5.43. The van der Waals surface area contributed by atoms with Crippen LogP contribution in [0.2, 0.25) is 0 Å². The Hall–Kier alpha value is -2.80. The van der Waals surface area contributed by atoms with Crippen molar-refractivity contribution >= 4 is 22.6 Å². The Morgan fingerprint density at radius 1 is 1.29 bits per heavy atom. The van der Waals surface area contributed by atoms with E-state index in [9.17, 15) is 4.79 Å². The van der Waals surface area contributed by atoms with Gasteiger partial charge >= 0.3 is 0 Å². The highest BCUT2D eigenvalue weighted by Crippen LogP contribution is 2.26. The first-order chi connectivity index (χ1) is 13.8. The largest absolute Gasteiger partial charge is 0.381 e. The second kappa shape index (κ2) is 7.31. The molecular weight excluding hydrogens is 354 g/mol. The predicted molar refractivity (Wildman–Crippen MR) is 107 cm³/mol. The number of aromatic amines is 2. The Kier molecular flexibility index (Phi) is 4.52. The number of fused-ring (bicyclic) bond motifs is 2. The Morgan fingerprint density at radius 3 is 3.00 bits per heavy atom. The molecule has 0 bridgehead atoms. The first-order valence-electron chi connectivity index (χ1n) is 10.0. The van der Waals surface area contributed by atoms with Gasteiger partial charge in [-0.25, -0.2) is 0 Å². The minimum Gasteiger partial charge on any atom is -0.381 e. The van der Waals surface area contributed by atoms with E-state index in [1.54, 1.807) is 0 Å². The van der Waals surface area contributed by atoms with Crippen molar-refractivity contribution in [1.82, 2.24) is 20.1 Å². The number of carbonyl (C=O) groups excluding carboxylic acids is 1. The monoisotopic (exact) mass is 379 g/mol. The number of nitrogens with zero attached hydrogens (tertiary/aromatic N) is 2. The van der Waals surface area contributed by atoms with E-state index in [2.05, 4.69) is 20.5 Å². The summed E-state index contributed by atoms with van der Waals surface area (Å²) in [5.74, 6) is 1.54. The fourth-order valence-electron chi connectivity index (χ4n) is 4.17. The molecule has 1 aromatic carbocycles. The molecule has 0 unspecified atom stereocenters. The summed E-state index contributed by atoms with van der Waals surface area (Å²) in [6.45, 7) is 3.87. The molecule has 3 N–H and O–H groups in total. The van der Waals surface area contributed by atoms with E-state index in [0.717, 1.165) is 67.0 Å². The third kappa shape index (κ3) is 3.26. The highest BCUT2D eigenvalue weighted by Gasteiger charge is 2.27. The fraction of sp³-hybridized carbons (Fsp3) is 0.429. The van der Waals surface area contributed by atoms with Crippen LogP contribution >= 0.6 is 0 Å². The molecule has 7 heteroatoms. The molecule has 0 aliphatic carbocycles. The minimum atomic E-state index is 0.0402. The average molecular weight is 379 g/mol. The van der Waals surface area contributed by atoms with Gasteiger partial charge in [-0.3, -0.25) is 9.89 Å². The van der Waals surface area contributed by atoms with Crippen molar-refractivity contribution in [2.24, 2.45) is 5.92 Å². The molecule has 0 atom stereocenters. The third-order valence-corrected chi connectivity index (χ3v) is 5.88. The number of para-hydroxylation sites is 1. The summed E-state index contributed by atoms with van der Waals surface area (Å²) in [5, 5.41) is 12.2. The SMILES string of the molecule is O=C(c1cc2ccccc2[nH]1)N1CCc2[nH]nc(NCC3CCOCC3)c2C1. The maximum absolute atomic E-state index is 13.0. The lowest BCUT2D eigenvalue weighted by atomic mass is 10.0. The van der Waals surface area contributed by atoms with E-state index in [4.69, 9.17) is 4.74 Å². The lowest BCUT2D eigenvalue weighted by molar-refractivity contribution is 0.0698. The first kappa shape index (κ1) is 17.3.